The summed E-state index contributed by atoms with van der Waals surface area (Å²) >= 11 is 0. The molecule has 3 heteroatoms. The first-order valence-electron chi connectivity index (χ1n) is 5.77. The molecule has 1 aromatic carbocycles. The van der Waals surface area contributed by atoms with Gasteiger partial charge in [0, 0.05) is 23.8 Å². The van der Waals surface area contributed by atoms with E-state index < -0.39 is 0 Å². The normalized spacial score (nSPS) is 21.2. The number of rotatable bonds is 1. The standard InChI is InChI=1S/C13H18N2O/c1-9-5-6-11(8-12(9)14)15-7-3-4-10(2)13(15)16/h5-6,8,10H,3-4,7,14H2,1-2H3. The molecule has 0 spiro atoms. The third kappa shape index (κ3) is 1.90. The molecule has 1 amide bonds. The maximum Gasteiger partial charge on any atom is 0.229 e. The summed E-state index contributed by atoms with van der Waals surface area (Å²) in [5, 5.41) is 0. The minimum Gasteiger partial charge on any atom is -0.398 e. The summed E-state index contributed by atoms with van der Waals surface area (Å²) in [5.74, 6) is 0.353. The number of amides is 1. The maximum atomic E-state index is 12.0. The number of aryl methyl sites for hydroxylation is 1. The van der Waals surface area contributed by atoms with Gasteiger partial charge in [-0.3, -0.25) is 4.79 Å². The van der Waals surface area contributed by atoms with E-state index >= 15 is 0 Å². The first-order chi connectivity index (χ1) is 7.59. The van der Waals surface area contributed by atoms with Gasteiger partial charge in [-0.25, -0.2) is 0 Å². The second-order valence-electron chi connectivity index (χ2n) is 4.57. The fourth-order valence-electron chi connectivity index (χ4n) is 2.11. The predicted octanol–water partition coefficient (Wildman–Crippen LogP) is 2.34. The smallest absolute Gasteiger partial charge is 0.229 e. The second-order valence-corrected chi connectivity index (χ2v) is 4.57. The van der Waals surface area contributed by atoms with Crippen molar-refractivity contribution in [3.8, 4) is 0 Å². The fraction of sp³-hybridized carbons (Fsp3) is 0.462. The topological polar surface area (TPSA) is 46.3 Å². The number of nitrogens with zero attached hydrogens (tertiary/aromatic N) is 1. The molecule has 0 bridgehead atoms. The van der Waals surface area contributed by atoms with E-state index in [0.29, 0.717) is 0 Å². The van der Waals surface area contributed by atoms with Crippen molar-refractivity contribution >= 4 is 17.3 Å². The van der Waals surface area contributed by atoms with Gasteiger partial charge < -0.3 is 10.6 Å². The van der Waals surface area contributed by atoms with Gasteiger partial charge in [0.2, 0.25) is 5.91 Å². The van der Waals surface area contributed by atoms with E-state index in [-0.39, 0.29) is 11.8 Å². The van der Waals surface area contributed by atoms with E-state index in [0.717, 1.165) is 36.3 Å². The zero-order valence-electron chi connectivity index (χ0n) is 9.86. The van der Waals surface area contributed by atoms with Crippen LogP contribution in [0.3, 0.4) is 0 Å². The molecule has 0 saturated carbocycles. The minimum atomic E-state index is 0.135. The van der Waals surface area contributed by atoms with Gasteiger partial charge in [-0.15, -0.1) is 0 Å². The van der Waals surface area contributed by atoms with Crippen LogP contribution < -0.4 is 10.6 Å². The predicted molar refractivity (Wildman–Crippen MR) is 66.3 cm³/mol. The van der Waals surface area contributed by atoms with Gasteiger partial charge in [0.1, 0.15) is 0 Å². The number of nitrogen functional groups attached to an aromatic ring is 1. The van der Waals surface area contributed by atoms with E-state index in [1.807, 2.05) is 36.9 Å². The first kappa shape index (κ1) is 11.0. The van der Waals surface area contributed by atoms with E-state index in [4.69, 9.17) is 5.73 Å². The van der Waals surface area contributed by atoms with Crippen molar-refractivity contribution < 1.29 is 4.79 Å². The molecule has 1 atom stereocenters. The maximum absolute atomic E-state index is 12.0. The van der Waals surface area contributed by atoms with Gasteiger partial charge in [0.05, 0.1) is 0 Å². The molecule has 0 aliphatic carbocycles. The number of carbonyl (C=O) groups is 1. The summed E-state index contributed by atoms with van der Waals surface area (Å²) in [6.07, 6.45) is 2.07. The molecule has 2 N–H and O–H groups in total. The lowest BCUT2D eigenvalue weighted by molar-refractivity contribution is -0.123. The Bertz CT molecular complexity index is 414. The average Bonchev–Trinajstić information content (AvgIpc) is 2.26. The van der Waals surface area contributed by atoms with Crippen LogP contribution in [0.2, 0.25) is 0 Å². The Morgan fingerprint density at radius 3 is 2.88 bits per heavy atom. The van der Waals surface area contributed by atoms with Gasteiger partial charge in [0.15, 0.2) is 0 Å². The summed E-state index contributed by atoms with van der Waals surface area (Å²) in [4.78, 5) is 13.9. The number of hydrogen-bond acceptors (Lipinski definition) is 2. The molecule has 1 aliphatic heterocycles. The number of carbonyl (C=O) groups excluding carboxylic acids is 1. The molecule has 3 nitrogen and oxygen atoms in total. The van der Waals surface area contributed by atoms with Gasteiger partial charge >= 0.3 is 0 Å². The quantitative estimate of drug-likeness (QED) is 0.735. The Balaban J connectivity index is 2.29. The highest BCUT2D eigenvalue weighted by Gasteiger charge is 2.26. The fourth-order valence-corrected chi connectivity index (χ4v) is 2.11. The molecule has 1 saturated heterocycles. The zero-order valence-corrected chi connectivity index (χ0v) is 9.86. The Labute approximate surface area is 96.2 Å². The highest BCUT2D eigenvalue weighted by molar-refractivity contribution is 5.96. The second kappa shape index (κ2) is 4.16. The third-order valence-electron chi connectivity index (χ3n) is 3.28. The van der Waals surface area contributed by atoms with Crippen LogP contribution in [-0.2, 0) is 4.79 Å². The molecule has 86 valence electrons. The molecule has 16 heavy (non-hydrogen) atoms. The van der Waals surface area contributed by atoms with Crippen LogP contribution in [-0.4, -0.2) is 12.5 Å². The van der Waals surface area contributed by atoms with E-state index in [2.05, 4.69) is 0 Å². The van der Waals surface area contributed by atoms with E-state index in [1.54, 1.807) is 0 Å². The van der Waals surface area contributed by atoms with Crippen LogP contribution in [0.15, 0.2) is 18.2 Å². The Morgan fingerprint density at radius 2 is 2.19 bits per heavy atom. The molecule has 1 aromatic rings. The van der Waals surface area contributed by atoms with Crippen molar-refractivity contribution in [1.82, 2.24) is 0 Å². The van der Waals surface area contributed by atoms with Gasteiger partial charge in [-0.1, -0.05) is 13.0 Å². The lowest BCUT2D eigenvalue weighted by atomic mass is 9.98. The number of anilines is 2. The number of nitrogens with two attached hydrogens (primary N) is 1. The third-order valence-corrected chi connectivity index (χ3v) is 3.28. The van der Waals surface area contributed by atoms with Crippen LogP contribution in [0, 0.1) is 12.8 Å². The highest BCUT2D eigenvalue weighted by atomic mass is 16.2. The minimum absolute atomic E-state index is 0.135. The van der Waals surface area contributed by atoms with Crippen LogP contribution in [0.1, 0.15) is 25.3 Å². The molecule has 1 heterocycles. The molecule has 2 rings (SSSR count). The summed E-state index contributed by atoms with van der Waals surface area (Å²) in [6, 6.07) is 5.84. The summed E-state index contributed by atoms with van der Waals surface area (Å²) in [7, 11) is 0. The van der Waals surface area contributed by atoms with Gasteiger partial charge in [0.25, 0.3) is 0 Å². The molecule has 0 radical (unpaired) electrons. The van der Waals surface area contributed by atoms with Crippen LogP contribution in [0.5, 0.6) is 0 Å². The average molecular weight is 218 g/mol. The molecule has 1 aliphatic rings. The summed E-state index contributed by atoms with van der Waals surface area (Å²) < 4.78 is 0. The lowest BCUT2D eigenvalue weighted by Gasteiger charge is -2.31. The van der Waals surface area contributed by atoms with E-state index in [9.17, 15) is 4.79 Å². The van der Waals surface area contributed by atoms with Crippen LogP contribution >= 0.6 is 0 Å². The van der Waals surface area contributed by atoms with Crippen LogP contribution in [0.25, 0.3) is 0 Å². The van der Waals surface area contributed by atoms with Crippen LogP contribution in [0.4, 0.5) is 11.4 Å². The van der Waals surface area contributed by atoms with Gasteiger partial charge in [-0.2, -0.15) is 0 Å². The SMILES string of the molecule is Cc1ccc(N2CCCC(C)C2=O)cc1N. The Kier molecular flexibility index (Phi) is 2.86. The molecule has 1 unspecified atom stereocenters. The van der Waals surface area contributed by atoms with Crippen molar-refractivity contribution in [2.24, 2.45) is 5.92 Å². The molecule has 1 fully saturated rings. The zero-order chi connectivity index (χ0) is 11.7. The largest absolute Gasteiger partial charge is 0.398 e. The van der Waals surface area contributed by atoms with Crippen molar-refractivity contribution in [2.75, 3.05) is 17.2 Å². The Morgan fingerprint density at radius 1 is 1.44 bits per heavy atom. The van der Waals surface area contributed by atoms with Crippen molar-refractivity contribution in [2.45, 2.75) is 26.7 Å². The van der Waals surface area contributed by atoms with Crippen molar-refractivity contribution in [3.05, 3.63) is 23.8 Å². The number of piperidine rings is 1. The highest BCUT2D eigenvalue weighted by Crippen LogP contribution is 2.26. The summed E-state index contributed by atoms with van der Waals surface area (Å²) in [5.41, 5.74) is 8.61. The molecular weight excluding hydrogens is 200 g/mol. The number of hydrogen-bond donors (Lipinski definition) is 1. The lowest BCUT2D eigenvalue weighted by Crippen LogP contribution is -2.40. The van der Waals surface area contributed by atoms with Gasteiger partial charge in [-0.05, 0) is 37.5 Å². The Hall–Kier alpha value is -1.51. The van der Waals surface area contributed by atoms with Crippen molar-refractivity contribution in [3.63, 3.8) is 0 Å². The van der Waals surface area contributed by atoms with E-state index in [1.165, 1.54) is 0 Å². The molecule has 0 aromatic heterocycles. The monoisotopic (exact) mass is 218 g/mol. The first-order valence-corrected chi connectivity index (χ1v) is 5.77. The number of benzene rings is 1. The van der Waals surface area contributed by atoms with Crippen molar-refractivity contribution in [1.29, 1.82) is 0 Å². The molecular formula is C13H18N2O. The summed E-state index contributed by atoms with van der Waals surface area (Å²) in [6.45, 7) is 4.78.